The summed E-state index contributed by atoms with van der Waals surface area (Å²) in [6.45, 7) is 10.5. The molecule has 2 fully saturated rings. The molecule has 4 heteroatoms. The van der Waals surface area contributed by atoms with Crippen molar-refractivity contribution in [3.8, 4) is 0 Å². The quantitative estimate of drug-likeness (QED) is 0.792. The summed E-state index contributed by atoms with van der Waals surface area (Å²) >= 11 is 0. The van der Waals surface area contributed by atoms with Crippen LogP contribution >= 0.6 is 0 Å². The van der Waals surface area contributed by atoms with E-state index in [1.165, 1.54) is 29.5 Å². The van der Waals surface area contributed by atoms with Crippen molar-refractivity contribution in [3.05, 3.63) is 35.7 Å². The first-order chi connectivity index (χ1) is 10.8. The third-order valence-electron chi connectivity index (χ3n) is 5.57. The van der Waals surface area contributed by atoms with E-state index in [9.17, 15) is 0 Å². The van der Waals surface area contributed by atoms with Gasteiger partial charge in [-0.15, -0.1) is 0 Å². The Morgan fingerprint density at radius 1 is 1.09 bits per heavy atom. The van der Waals surface area contributed by atoms with Gasteiger partial charge < -0.3 is 9.31 Å². The molecule has 1 aliphatic carbocycles. The minimum absolute atomic E-state index is 0.329. The second-order valence-electron chi connectivity index (χ2n) is 8.01. The van der Waals surface area contributed by atoms with E-state index in [0.29, 0.717) is 5.92 Å². The van der Waals surface area contributed by atoms with Crippen molar-refractivity contribution >= 4 is 23.4 Å². The molecule has 0 atom stereocenters. The van der Waals surface area contributed by atoms with Gasteiger partial charge >= 0.3 is 7.12 Å². The van der Waals surface area contributed by atoms with E-state index in [4.69, 9.17) is 14.3 Å². The molecule has 4 rings (SSSR count). The zero-order chi connectivity index (χ0) is 16.4. The number of hydrogen-bond donors (Lipinski definition) is 0. The molecule has 0 N–H and O–H groups in total. The summed E-state index contributed by atoms with van der Waals surface area (Å²) in [7, 11) is -0.339. The van der Waals surface area contributed by atoms with E-state index in [-0.39, 0.29) is 18.3 Å². The van der Waals surface area contributed by atoms with Gasteiger partial charge in [0.25, 0.3) is 0 Å². The first-order valence-electron chi connectivity index (χ1n) is 8.53. The van der Waals surface area contributed by atoms with Crippen molar-refractivity contribution in [2.75, 3.05) is 0 Å². The molecule has 2 heterocycles. The molecule has 0 radical (unpaired) electrons. The molecule has 120 valence electrons. The van der Waals surface area contributed by atoms with Crippen molar-refractivity contribution < 1.29 is 9.31 Å². The van der Waals surface area contributed by atoms with Crippen LogP contribution in [0.15, 0.2) is 24.4 Å². The maximum atomic E-state index is 6.35. The van der Waals surface area contributed by atoms with E-state index < -0.39 is 0 Å². The summed E-state index contributed by atoms with van der Waals surface area (Å²) in [5.74, 6) is 0.564. The number of benzene rings is 1. The molecular formula is C19H24BNO2. The molecule has 0 spiro atoms. The normalized spacial score (nSPS) is 22.7. The molecule has 0 bridgehead atoms. The van der Waals surface area contributed by atoms with Gasteiger partial charge in [-0.05, 0) is 58.2 Å². The van der Waals surface area contributed by atoms with Crippen LogP contribution in [0.3, 0.4) is 0 Å². The van der Waals surface area contributed by atoms with Crippen LogP contribution in [0.4, 0.5) is 0 Å². The molecule has 3 nitrogen and oxygen atoms in total. The van der Waals surface area contributed by atoms with Crippen LogP contribution in [-0.2, 0) is 9.31 Å². The highest BCUT2D eigenvalue weighted by atomic mass is 16.7. The fourth-order valence-corrected chi connectivity index (χ4v) is 3.25. The molecule has 1 saturated heterocycles. The monoisotopic (exact) mass is 309 g/mol. The number of aryl methyl sites for hydroxylation is 1. The smallest absolute Gasteiger partial charge is 0.399 e. The average molecular weight is 309 g/mol. The SMILES string of the molecule is Cc1ccc2cnc(C3CC3)c(B3OC(C)(C)C(C)(C)O3)c2c1. The van der Waals surface area contributed by atoms with Gasteiger partial charge in [0, 0.05) is 23.3 Å². The minimum Gasteiger partial charge on any atom is -0.399 e. The van der Waals surface area contributed by atoms with Crippen molar-refractivity contribution in [1.82, 2.24) is 4.98 Å². The fourth-order valence-electron chi connectivity index (χ4n) is 3.25. The Balaban J connectivity index is 1.91. The van der Waals surface area contributed by atoms with Gasteiger partial charge in [-0.2, -0.15) is 0 Å². The highest BCUT2D eigenvalue weighted by molar-refractivity contribution is 6.65. The van der Waals surface area contributed by atoms with Crippen molar-refractivity contribution in [2.45, 2.75) is 64.6 Å². The van der Waals surface area contributed by atoms with Gasteiger partial charge in [-0.25, -0.2) is 0 Å². The molecule has 23 heavy (non-hydrogen) atoms. The largest absolute Gasteiger partial charge is 0.497 e. The lowest BCUT2D eigenvalue weighted by Gasteiger charge is -2.32. The van der Waals surface area contributed by atoms with E-state index in [1.807, 2.05) is 6.20 Å². The number of rotatable bonds is 2. The molecule has 1 aromatic heterocycles. The standard InChI is InChI=1S/C19H24BNO2/c1-12-6-7-14-11-21-17(13-8-9-13)16(15(14)10-12)20-22-18(2,3)19(4,5)23-20/h6-7,10-11,13H,8-9H2,1-5H3. The predicted octanol–water partition coefficient (Wildman–Crippen LogP) is 3.72. The summed E-state index contributed by atoms with van der Waals surface area (Å²) in [6.07, 6.45) is 4.44. The first-order valence-corrected chi connectivity index (χ1v) is 8.53. The van der Waals surface area contributed by atoms with Gasteiger partial charge in [0.05, 0.1) is 11.2 Å². The van der Waals surface area contributed by atoms with E-state index in [1.54, 1.807) is 0 Å². The van der Waals surface area contributed by atoms with Crippen molar-refractivity contribution in [1.29, 1.82) is 0 Å². The Morgan fingerprint density at radius 3 is 2.35 bits per heavy atom. The van der Waals surface area contributed by atoms with Crippen LogP contribution in [0.2, 0.25) is 0 Å². The highest BCUT2D eigenvalue weighted by Gasteiger charge is 2.53. The van der Waals surface area contributed by atoms with Gasteiger partial charge in [-0.3, -0.25) is 4.98 Å². The Bertz CT molecular complexity index is 764. The molecule has 1 aromatic carbocycles. The predicted molar refractivity (Wildman–Crippen MR) is 94.2 cm³/mol. The molecule has 0 amide bonds. The van der Waals surface area contributed by atoms with E-state index in [2.05, 4.69) is 52.8 Å². The number of aromatic nitrogens is 1. The molecular weight excluding hydrogens is 285 g/mol. The van der Waals surface area contributed by atoms with Crippen molar-refractivity contribution in [2.24, 2.45) is 0 Å². The van der Waals surface area contributed by atoms with Gasteiger partial charge in [0.2, 0.25) is 0 Å². The molecule has 0 unspecified atom stereocenters. The van der Waals surface area contributed by atoms with Crippen LogP contribution in [0.5, 0.6) is 0 Å². The van der Waals surface area contributed by atoms with Crippen LogP contribution < -0.4 is 5.46 Å². The zero-order valence-corrected chi connectivity index (χ0v) is 14.6. The molecule has 2 aromatic rings. The third-order valence-corrected chi connectivity index (χ3v) is 5.57. The fraction of sp³-hybridized carbons (Fsp3) is 0.526. The van der Waals surface area contributed by atoms with Crippen LogP contribution in [0.1, 0.15) is 57.7 Å². The average Bonchev–Trinajstić information content (AvgIpc) is 3.25. The molecule has 1 saturated carbocycles. The second-order valence-corrected chi connectivity index (χ2v) is 8.01. The first kappa shape index (κ1) is 15.2. The Morgan fingerprint density at radius 2 is 1.74 bits per heavy atom. The summed E-state index contributed by atoms with van der Waals surface area (Å²) in [4.78, 5) is 4.78. The number of nitrogens with zero attached hydrogens (tertiary/aromatic N) is 1. The van der Waals surface area contributed by atoms with Crippen LogP contribution in [-0.4, -0.2) is 23.3 Å². The molecule has 1 aliphatic heterocycles. The lowest BCUT2D eigenvalue weighted by Crippen LogP contribution is -2.41. The highest BCUT2D eigenvalue weighted by Crippen LogP contribution is 2.42. The summed E-state index contributed by atoms with van der Waals surface area (Å²) < 4.78 is 12.7. The molecule has 2 aliphatic rings. The van der Waals surface area contributed by atoms with Gasteiger partial charge in [0.15, 0.2) is 0 Å². The van der Waals surface area contributed by atoms with E-state index in [0.717, 1.165) is 10.8 Å². The second kappa shape index (κ2) is 4.81. The third kappa shape index (κ3) is 2.39. The maximum absolute atomic E-state index is 6.35. The topological polar surface area (TPSA) is 31.4 Å². The van der Waals surface area contributed by atoms with Crippen molar-refractivity contribution in [3.63, 3.8) is 0 Å². The Labute approximate surface area is 138 Å². The lowest BCUT2D eigenvalue weighted by molar-refractivity contribution is 0.00578. The Hall–Kier alpha value is -1.39. The maximum Gasteiger partial charge on any atom is 0.497 e. The summed E-state index contributed by atoms with van der Waals surface area (Å²) in [6, 6.07) is 6.52. The van der Waals surface area contributed by atoms with Crippen LogP contribution in [0.25, 0.3) is 10.8 Å². The number of hydrogen-bond acceptors (Lipinski definition) is 3. The minimum atomic E-state index is -0.339. The van der Waals surface area contributed by atoms with E-state index >= 15 is 0 Å². The van der Waals surface area contributed by atoms with Gasteiger partial charge in [-0.1, -0.05) is 23.8 Å². The summed E-state index contributed by atoms with van der Waals surface area (Å²) in [5.41, 5.74) is 2.91. The summed E-state index contributed by atoms with van der Waals surface area (Å²) in [5, 5.41) is 2.38. The lowest BCUT2D eigenvalue weighted by atomic mass is 9.74. The number of fused-ring (bicyclic) bond motifs is 1. The Kier molecular flexibility index (Phi) is 3.17. The number of pyridine rings is 1. The van der Waals surface area contributed by atoms with Gasteiger partial charge in [0.1, 0.15) is 0 Å². The van der Waals surface area contributed by atoms with Crippen LogP contribution in [0, 0.1) is 6.92 Å². The zero-order valence-electron chi connectivity index (χ0n) is 14.6.